The first-order chi connectivity index (χ1) is 18.2. The van der Waals surface area contributed by atoms with Crippen LogP contribution in [0, 0.1) is 5.82 Å². The normalized spacial score (nSPS) is 16.9. The van der Waals surface area contributed by atoms with Crippen LogP contribution in [0.3, 0.4) is 0 Å². The first kappa shape index (κ1) is 29.0. The van der Waals surface area contributed by atoms with Gasteiger partial charge in [-0.1, -0.05) is 61.0 Å². The lowest BCUT2D eigenvalue weighted by atomic mass is 9.74. The second kappa shape index (κ2) is 10.2. The van der Waals surface area contributed by atoms with Crippen LogP contribution in [0.2, 0.25) is 0 Å². The molecule has 0 radical (unpaired) electrons. The predicted molar refractivity (Wildman–Crippen MR) is 127 cm³/mol. The molecule has 1 atom stereocenters. The summed E-state index contributed by atoms with van der Waals surface area (Å²) in [5.74, 6) is -0.752. The third-order valence-electron chi connectivity index (χ3n) is 7.09. The summed E-state index contributed by atoms with van der Waals surface area (Å²) < 4.78 is 130. The Morgan fingerprint density at radius 3 is 1.87 bits per heavy atom. The molecule has 0 aromatic heterocycles. The van der Waals surface area contributed by atoms with Gasteiger partial charge in [0.2, 0.25) is 0 Å². The maximum Gasteiger partial charge on any atom is 0.430 e. The standard InChI is InChI=1S/C27H23F7O4S/c28-19-11-13-20(14-12-19)39(36,37)24(15-6-16-24)23(35)21-9-4-5-10-22(21)25(26(29,30)31,27(32,33)34)38-17-18-7-2-1-3-8-18/h1-5,7-14,23,35H,6,15-17H2. The summed E-state index contributed by atoms with van der Waals surface area (Å²) in [4.78, 5) is -0.418. The molecule has 12 heteroatoms. The van der Waals surface area contributed by atoms with Crippen LogP contribution in [0.5, 0.6) is 0 Å². The van der Waals surface area contributed by atoms with Gasteiger partial charge in [0.25, 0.3) is 5.60 Å². The Morgan fingerprint density at radius 2 is 1.36 bits per heavy atom. The van der Waals surface area contributed by atoms with Crippen LogP contribution in [0.15, 0.2) is 83.8 Å². The average Bonchev–Trinajstić information content (AvgIpc) is 2.83. The number of hydrogen-bond acceptors (Lipinski definition) is 4. The Labute approximate surface area is 220 Å². The minimum Gasteiger partial charge on any atom is -0.387 e. The first-order valence-electron chi connectivity index (χ1n) is 11.8. The van der Waals surface area contributed by atoms with Gasteiger partial charge < -0.3 is 9.84 Å². The monoisotopic (exact) mass is 576 g/mol. The van der Waals surface area contributed by atoms with E-state index >= 15 is 0 Å². The topological polar surface area (TPSA) is 63.6 Å². The van der Waals surface area contributed by atoms with E-state index in [0.29, 0.717) is 6.07 Å². The number of aliphatic hydroxyl groups excluding tert-OH is 1. The second-order valence-electron chi connectivity index (χ2n) is 9.32. The van der Waals surface area contributed by atoms with Gasteiger partial charge in [-0.05, 0) is 48.2 Å². The van der Waals surface area contributed by atoms with Crippen LogP contribution in [0.25, 0.3) is 0 Å². The van der Waals surface area contributed by atoms with Crippen molar-refractivity contribution in [2.45, 2.75) is 59.6 Å². The van der Waals surface area contributed by atoms with E-state index in [1.165, 1.54) is 30.3 Å². The Bertz CT molecular complexity index is 1380. The van der Waals surface area contributed by atoms with E-state index in [1.807, 2.05) is 0 Å². The maximum absolute atomic E-state index is 14.6. The Hall–Kier alpha value is -2.96. The van der Waals surface area contributed by atoms with Crippen molar-refractivity contribution in [2.75, 3.05) is 0 Å². The van der Waals surface area contributed by atoms with Crippen LogP contribution in [-0.2, 0) is 26.8 Å². The van der Waals surface area contributed by atoms with E-state index < -0.39 is 67.1 Å². The summed E-state index contributed by atoms with van der Waals surface area (Å²) in [6, 6.07) is 13.9. The highest BCUT2D eigenvalue weighted by atomic mass is 32.2. The summed E-state index contributed by atoms with van der Waals surface area (Å²) in [6.45, 7) is -1.08. The van der Waals surface area contributed by atoms with Gasteiger partial charge in [0.05, 0.1) is 17.6 Å². The summed E-state index contributed by atoms with van der Waals surface area (Å²) in [5.41, 5.74) is -7.21. The number of hydrogen-bond donors (Lipinski definition) is 1. The molecule has 0 amide bonds. The highest BCUT2D eigenvalue weighted by Crippen LogP contribution is 2.57. The van der Waals surface area contributed by atoms with Crippen molar-refractivity contribution in [3.8, 4) is 0 Å². The Morgan fingerprint density at radius 1 is 0.821 bits per heavy atom. The number of sulfone groups is 1. The average molecular weight is 577 g/mol. The summed E-state index contributed by atoms with van der Waals surface area (Å²) in [6.07, 6.45) is -14.6. The van der Waals surface area contributed by atoms with Crippen molar-refractivity contribution in [1.82, 2.24) is 0 Å². The lowest BCUT2D eigenvalue weighted by molar-refractivity contribution is -0.393. The lowest BCUT2D eigenvalue weighted by Crippen LogP contribution is -2.57. The number of rotatable bonds is 8. The highest BCUT2D eigenvalue weighted by molar-refractivity contribution is 7.93. The van der Waals surface area contributed by atoms with Crippen molar-refractivity contribution < 1.29 is 49.0 Å². The van der Waals surface area contributed by atoms with E-state index in [4.69, 9.17) is 4.74 Å². The molecule has 0 heterocycles. The summed E-state index contributed by atoms with van der Waals surface area (Å²) in [5, 5.41) is 11.4. The molecule has 0 aliphatic heterocycles. The number of alkyl halides is 6. The summed E-state index contributed by atoms with van der Waals surface area (Å²) >= 11 is 0. The van der Waals surface area contributed by atoms with Gasteiger partial charge in [0.15, 0.2) is 9.84 Å². The van der Waals surface area contributed by atoms with Crippen LogP contribution in [0.4, 0.5) is 30.7 Å². The van der Waals surface area contributed by atoms with Crippen LogP contribution in [-0.4, -0.2) is 30.6 Å². The smallest absolute Gasteiger partial charge is 0.387 e. The molecular weight excluding hydrogens is 553 g/mol. The molecule has 4 nitrogen and oxygen atoms in total. The molecule has 4 rings (SSSR count). The Balaban J connectivity index is 1.88. The molecule has 0 spiro atoms. The fourth-order valence-electron chi connectivity index (χ4n) is 4.88. The first-order valence-corrected chi connectivity index (χ1v) is 13.2. The fourth-order valence-corrected chi connectivity index (χ4v) is 7.09. The summed E-state index contributed by atoms with van der Waals surface area (Å²) in [7, 11) is -4.54. The molecule has 0 bridgehead atoms. The van der Waals surface area contributed by atoms with Crippen LogP contribution < -0.4 is 0 Å². The zero-order valence-electron chi connectivity index (χ0n) is 20.1. The molecule has 3 aromatic rings. The minimum absolute atomic E-state index is 0.0303. The zero-order valence-corrected chi connectivity index (χ0v) is 21.0. The van der Waals surface area contributed by atoms with Gasteiger partial charge in [0.1, 0.15) is 10.6 Å². The number of ether oxygens (including phenoxy) is 1. The van der Waals surface area contributed by atoms with Crippen LogP contribution in [0.1, 0.15) is 42.1 Å². The molecule has 1 unspecified atom stereocenters. The quantitative estimate of drug-likeness (QED) is 0.237. The number of aliphatic hydroxyl groups is 1. The van der Waals surface area contributed by atoms with Crippen molar-refractivity contribution in [3.63, 3.8) is 0 Å². The second-order valence-corrected chi connectivity index (χ2v) is 11.6. The van der Waals surface area contributed by atoms with Crippen LogP contribution >= 0.6 is 0 Å². The number of benzene rings is 3. The van der Waals surface area contributed by atoms with E-state index in [2.05, 4.69) is 0 Å². The van der Waals surface area contributed by atoms with Gasteiger partial charge in [-0.3, -0.25) is 0 Å². The number of halogens is 7. The van der Waals surface area contributed by atoms with Gasteiger partial charge in [-0.25, -0.2) is 12.8 Å². The fraction of sp³-hybridized carbons (Fsp3) is 0.333. The van der Waals surface area contributed by atoms with Crippen molar-refractivity contribution in [2.24, 2.45) is 0 Å². The van der Waals surface area contributed by atoms with Gasteiger partial charge >= 0.3 is 12.4 Å². The van der Waals surface area contributed by atoms with Crippen molar-refractivity contribution in [3.05, 3.63) is 101 Å². The molecule has 210 valence electrons. The van der Waals surface area contributed by atoms with E-state index in [-0.39, 0.29) is 24.8 Å². The maximum atomic E-state index is 14.6. The molecule has 1 aliphatic carbocycles. The zero-order chi connectivity index (χ0) is 28.7. The van der Waals surface area contributed by atoms with Crippen molar-refractivity contribution in [1.29, 1.82) is 0 Å². The molecule has 1 N–H and O–H groups in total. The van der Waals surface area contributed by atoms with Crippen molar-refractivity contribution >= 4 is 9.84 Å². The molecule has 1 aliphatic rings. The molecule has 0 saturated heterocycles. The van der Waals surface area contributed by atoms with E-state index in [9.17, 15) is 44.3 Å². The van der Waals surface area contributed by atoms with Gasteiger partial charge in [-0.15, -0.1) is 0 Å². The molecule has 3 aromatic carbocycles. The van der Waals surface area contributed by atoms with Gasteiger partial charge in [0, 0.05) is 5.56 Å². The SMILES string of the molecule is O=S(=O)(c1ccc(F)cc1)C1(C(O)c2ccccc2C(OCc2ccccc2)(C(F)(F)F)C(F)(F)F)CCC1. The molecular formula is C27H23F7O4S. The Kier molecular flexibility index (Phi) is 7.61. The third-order valence-corrected chi connectivity index (χ3v) is 9.68. The lowest BCUT2D eigenvalue weighted by Gasteiger charge is -2.46. The third kappa shape index (κ3) is 4.82. The van der Waals surface area contributed by atoms with E-state index in [1.54, 1.807) is 0 Å². The van der Waals surface area contributed by atoms with Gasteiger partial charge in [-0.2, -0.15) is 26.3 Å². The van der Waals surface area contributed by atoms with E-state index in [0.717, 1.165) is 42.5 Å². The molecule has 1 saturated carbocycles. The minimum atomic E-state index is -6.06. The predicted octanol–water partition coefficient (Wildman–Crippen LogP) is 6.79. The molecule has 39 heavy (non-hydrogen) atoms. The largest absolute Gasteiger partial charge is 0.430 e. The highest BCUT2D eigenvalue weighted by Gasteiger charge is 2.74. The molecule has 1 fully saturated rings.